The molecule has 27 heavy (non-hydrogen) atoms. The fourth-order valence-corrected chi connectivity index (χ4v) is 2.73. The van der Waals surface area contributed by atoms with E-state index in [-0.39, 0.29) is 18.4 Å². The number of carbonyl (C=O) groups excluding carboxylic acids is 2. The third kappa shape index (κ3) is 4.85. The molecule has 0 radical (unpaired) electrons. The zero-order valence-corrected chi connectivity index (χ0v) is 15.2. The van der Waals surface area contributed by atoms with Gasteiger partial charge in [-0.2, -0.15) is 0 Å². The van der Waals surface area contributed by atoms with Crippen molar-refractivity contribution < 1.29 is 14.3 Å². The third-order valence-electron chi connectivity index (χ3n) is 4.07. The molecular weight excluding hydrogens is 340 g/mol. The Hall–Kier alpha value is -3.34. The second-order valence-electron chi connectivity index (χ2n) is 6.14. The van der Waals surface area contributed by atoms with Crippen molar-refractivity contribution >= 4 is 34.0 Å². The predicted molar refractivity (Wildman–Crippen MR) is 108 cm³/mol. The predicted octanol–water partition coefficient (Wildman–Crippen LogP) is 4.46. The van der Waals surface area contributed by atoms with Crippen LogP contribution >= 0.6 is 0 Å². The summed E-state index contributed by atoms with van der Waals surface area (Å²) in [5.74, 6) is -0.517. The van der Waals surface area contributed by atoms with E-state index < -0.39 is 0 Å². The maximum absolute atomic E-state index is 12.2. The van der Waals surface area contributed by atoms with Gasteiger partial charge in [0.05, 0.1) is 18.7 Å². The number of fused-ring (bicyclic) bond motifs is 1. The lowest BCUT2D eigenvalue weighted by molar-refractivity contribution is -0.114. The Bertz CT molecular complexity index is 930. The highest BCUT2D eigenvalue weighted by molar-refractivity contribution is 5.98. The molecular formula is C22H22N2O3. The third-order valence-corrected chi connectivity index (χ3v) is 4.07. The number of carbonyl (C=O) groups is 2. The molecule has 0 saturated heterocycles. The van der Waals surface area contributed by atoms with E-state index >= 15 is 0 Å². The summed E-state index contributed by atoms with van der Waals surface area (Å²) in [6.07, 6.45) is 0.781. The summed E-state index contributed by atoms with van der Waals surface area (Å²) >= 11 is 0. The van der Waals surface area contributed by atoms with Gasteiger partial charge in [-0.25, -0.2) is 4.79 Å². The van der Waals surface area contributed by atoms with Crippen molar-refractivity contribution in [3.05, 3.63) is 72.3 Å². The number of rotatable bonds is 7. The first-order chi connectivity index (χ1) is 13.2. The van der Waals surface area contributed by atoms with Crippen molar-refractivity contribution in [3.63, 3.8) is 0 Å². The fraction of sp³-hybridized carbons (Fsp3) is 0.182. The van der Waals surface area contributed by atoms with Crippen LogP contribution in [0.5, 0.6) is 0 Å². The molecule has 138 valence electrons. The van der Waals surface area contributed by atoms with Crippen LogP contribution in [0.3, 0.4) is 0 Å². The lowest BCUT2D eigenvalue weighted by atomic mass is 10.1. The molecule has 3 aromatic rings. The molecule has 5 nitrogen and oxygen atoms in total. The molecule has 0 aliphatic rings. The summed E-state index contributed by atoms with van der Waals surface area (Å²) in [5.41, 5.74) is 2.01. The summed E-state index contributed by atoms with van der Waals surface area (Å²) in [6, 6.07) is 20.6. The minimum absolute atomic E-state index is 0.147. The molecule has 0 unspecified atom stereocenters. The van der Waals surface area contributed by atoms with Crippen LogP contribution in [0.4, 0.5) is 11.4 Å². The van der Waals surface area contributed by atoms with E-state index in [1.807, 2.05) is 49.4 Å². The molecule has 0 saturated carbocycles. The van der Waals surface area contributed by atoms with Crippen molar-refractivity contribution in [2.75, 3.05) is 23.8 Å². The van der Waals surface area contributed by atoms with Gasteiger partial charge in [-0.1, -0.05) is 43.3 Å². The van der Waals surface area contributed by atoms with Gasteiger partial charge in [0.2, 0.25) is 5.91 Å². The number of benzene rings is 3. The van der Waals surface area contributed by atoms with Crippen molar-refractivity contribution in [2.45, 2.75) is 13.3 Å². The highest BCUT2D eigenvalue weighted by atomic mass is 16.5. The minimum atomic E-state index is -0.354. The molecule has 0 heterocycles. The van der Waals surface area contributed by atoms with Crippen LogP contribution in [-0.2, 0) is 9.53 Å². The average Bonchev–Trinajstić information content (AvgIpc) is 2.71. The van der Waals surface area contributed by atoms with Crippen molar-refractivity contribution in [1.82, 2.24) is 0 Å². The van der Waals surface area contributed by atoms with Crippen LogP contribution in [0.2, 0.25) is 0 Å². The van der Waals surface area contributed by atoms with Crippen molar-refractivity contribution in [3.8, 4) is 0 Å². The van der Waals surface area contributed by atoms with E-state index in [2.05, 4.69) is 10.6 Å². The maximum atomic E-state index is 12.2. The van der Waals surface area contributed by atoms with Gasteiger partial charge in [0, 0.05) is 16.8 Å². The molecule has 5 heteroatoms. The van der Waals surface area contributed by atoms with Gasteiger partial charge in [0.15, 0.2) is 0 Å². The average molecular weight is 362 g/mol. The van der Waals surface area contributed by atoms with E-state index in [0.29, 0.717) is 17.9 Å². The van der Waals surface area contributed by atoms with Crippen LogP contribution in [-0.4, -0.2) is 25.0 Å². The van der Waals surface area contributed by atoms with Gasteiger partial charge in [-0.3, -0.25) is 4.79 Å². The second kappa shape index (κ2) is 8.85. The van der Waals surface area contributed by atoms with Gasteiger partial charge in [0.25, 0.3) is 0 Å². The molecule has 1 amide bonds. The maximum Gasteiger partial charge on any atom is 0.338 e. The molecule has 0 fully saturated rings. The van der Waals surface area contributed by atoms with E-state index in [4.69, 9.17) is 4.74 Å². The Morgan fingerprint density at radius 1 is 0.926 bits per heavy atom. The number of hydrogen-bond donors (Lipinski definition) is 2. The van der Waals surface area contributed by atoms with Crippen molar-refractivity contribution in [1.29, 1.82) is 0 Å². The number of ether oxygens (including phenoxy) is 1. The second-order valence-corrected chi connectivity index (χ2v) is 6.14. The topological polar surface area (TPSA) is 67.4 Å². The van der Waals surface area contributed by atoms with Crippen LogP contribution < -0.4 is 10.6 Å². The van der Waals surface area contributed by atoms with Crippen LogP contribution in [0.1, 0.15) is 23.7 Å². The smallest absolute Gasteiger partial charge is 0.338 e. The Kier molecular flexibility index (Phi) is 6.05. The summed E-state index contributed by atoms with van der Waals surface area (Å²) in [6.45, 7) is 2.49. The summed E-state index contributed by atoms with van der Waals surface area (Å²) in [7, 11) is 0. The number of esters is 1. The van der Waals surface area contributed by atoms with Crippen LogP contribution in [0.25, 0.3) is 10.8 Å². The molecule has 0 aromatic heterocycles. The summed E-state index contributed by atoms with van der Waals surface area (Å²) in [5, 5.41) is 8.18. The highest BCUT2D eigenvalue weighted by Gasteiger charge is 2.08. The lowest BCUT2D eigenvalue weighted by Gasteiger charge is -2.10. The van der Waals surface area contributed by atoms with Gasteiger partial charge < -0.3 is 15.4 Å². The van der Waals surface area contributed by atoms with E-state index in [1.54, 1.807) is 24.3 Å². The minimum Gasteiger partial charge on any atom is -0.462 e. The summed E-state index contributed by atoms with van der Waals surface area (Å²) < 4.78 is 5.08. The number of anilines is 2. The van der Waals surface area contributed by atoms with Crippen LogP contribution in [0, 0.1) is 0 Å². The van der Waals surface area contributed by atoms with Gasteiger partial charge in [-0.05, 0) is 42.1 Å². The van der Waals surface area contributed by atoms with Crippen LogP contribution in [0.15, 0.2) is 66.7 Å². The standard InChI is InChI=1S/C22H22N2O3/c1-2-14-27-22(26)17-10-12-18(13-11-17)24-21(25)15-23-20-9-5-7-16-6-3-4-8-19(16)20/h3-13,23H,2,14-15H2,1H3,(H,24,25). The lowest BCUT2D eigenvalue weighted by Crippen LogP contribution is -2.21. The number of amides is 1. The number of nitrogens with one attached hydrogen (secondary N) is 2. The first-order valence-corrected chi connectivity index (χ1v) is 8.96. The summed E-state index contributed by atoms with van der Waals surface area (Å²) in [4.78, 5) is 24.0. The molecule has 0 aliphatic carbocycles. The molecule has 0 bridgehead atoms. The fourth-order valence-electron chi connectivity index (χ4n) is 2.73. The van der Waals surface area contributed by atoms with E-state index in [1.165, 1.54) is 0 Å². The highest BCUT2D eigenvalue weighted by Crippen LogP contribution is 2.22. The zero-order valence-electron chi connectivity index (χ0n) is 15.2. The number of hydrogen-bond acceptors (Lipinski definition) is 4. The zero-order chi connectivity index (χ0) is 19.1. The first kappa shape index (κ1) is 18.5. The van der Waals surface area contributed by atoms with Crippen molar-refractivity contribution in [2.24, 2.45) is 0 Å². The monoisotopic (exact) mass is 362 g/mol. The molecule has 0 aliphatic heterocycles. The quantitative estimate of drug-likeness (QED) is 0.609. The Balaban J connectivity index is 1.57. The molecule has 0 spiro atoms. The SMILES string of the molecule is CCCOC(=O)c1ccc(NC(=O)CNc2cccc3ccccc23)cc1. The molecule has 2 N–H and O–H groups in total. The normalized spacial score (nSPS) is 10.4. The van der Waals surface area contributed by atoms with Gasteiger partial charge >= 0.3 is 5.97 Å². The van der Waals surface area contributed by atoms with Gasteiger partial charge in [-0.15, -0.1) is 0 Å². The Morgan fingerprint density at radius 2 is 1.67 bits per heavy atom. The Morgan fingerprint density at radius 3 is 2.44 bits per heavy atom. The largest absolute Gasteiger partial charge is 0.462 e. The first-order valence-electron chi connectivity index (χ1n) is 8.96. The van der Waals surface area contributed by atoms with E-state index in [0.717, 1.165) is 22.9 Å². The van der Waals surface area contributed by atoms with E-state index in [9.17, 15) is 9.59 Å². The molecule has 0 atom stereocenters. The molecule has 3 aromatic carbocycles. The Labute approximate surface area is 158 Å². The van der Waals surface area contributed by atoms with Gasteiger partial charge in [0.1, 0.15) is 0 Å². The molecule has 3 rings (SSSR count).